The average molecular weight is 518 g/mol. The van der Waals surface area contributed by atoms with Crippen LogP contribution in [0, 0.1) is 5.82 Å². The summed E-state index contributed by atoms with van der Waals surface area (Å²) in [5.74, 6) is 0.548. The highest BCUT2D eigenvalue weighted by atomic mass is 32.2. The van der Waals surface area contributed by atoms with Crippen LogP contribution in [0.3, 0.4) is 0 Å². The first-order chi connectivity index (χ1) is 17.8. The van der Waals surface area contributed by atoms with Gasteiger partial charge in [0.15, 0.2) is 11.5 Å². The Morgan fingerprint density at radius 1 is 0.784 bits per heavy atom. The van der Waals surface area contributed by atoms with Crippen molar-refractivity contribution in [3.63, 3.8) is 0 Å². The molecule has 1 N–H and O–H groups in total. The van der Waals surface area contributed by atoms with Gasteiger partial charge >= 0.3 is 0 Å². The molecule has 0 aliphatic heterocycles. The van der Waals surface area contributed by atoms with Crippen molar-refractivity contribution in [3.05, 3.63) is 114 Å². The molecule has 188 valence electrons. The molecule has 5 aromatic rings. The van der Waals surface area contributed by atoms with Gasteiger partial charge in [-0.3, -0.25) is 0 Å². The summed E-state index contributed by atoms with van der Waals surface area (Å²) in [5.41, 5.74) is 2.38. The van der Waals surface area contributed by atoms with Crippen molar-refractivity contribution in [1.82, 2.24) is 3.97 Å². The molecular weight excluding hydrogens is 493 g/mol. The van der Waals surface area contributed by atoms with E-state index in [-0.39, 0.29) is 4.90 Å². The monoisotopic (exact) mass is 517 g/mol. The van der Waals surface area contributed by atoms with Gasteiger partial charge in [0.1, 0.15) is 11.9 Å². The Kier molecular flexibility index (Phi) is 6.45. The number of hydrogen-bond donors (Lipinski definition) is 1. The Hall–Kier alpha value is -4.14. The summed E-state index contributed by atoms with van der Waals surface area (Å²) in [6.45, 7) is 0. The predicted molar refractivity (Wildman–Crippen MR) is 140 cm³/mol. The quantitative estimate of drug-likeness (QED) is 0.296. The van der Waals surface area contributed by atoms with E-state index < -0.39 is 21.9 Å². The minimum atomic E-state index is -4.01. The van der Waals surface area contributed by atoms with Gasteiger partial charge in [-0.1, -0.05) is 42.5 Å². The fraction of sp³-hybridized carbons (Fsp3) is 0.103. The SMILES string of the molecule is COc1ccc(C(O)c2cccc(-c3cc4cc(F)ccc4n3S(=O)(=O)c3ccccc3)c2)cc1OC. The number of aliphatic hydroxyl groups is 1. The summed E-state index contributed by atoms with van der Waals surface area (Å²) in [7, 11) is -0.964. The molecule has 0 saturated heterocycles. The lowest BCUT2D eigenvalue weighted by Crippen LogP contribution is -2.14. The zero-order chi connectivity index (χ0) is 26.2. The summed E-state index contributed by atoms with van der Waals surface area (Å²) >= 11 is 0. The molecule has 0 fully saturated rings. The molecule has 0 aliphatic carbocycles. The van der Waals surface area contributed by atoms with Gasteiger partial charge in [-0.25, -0.2) is 16.8 Å². The number of hydrogen-bond acceptors (Lipinski definition) is 5. The molecule has 37 heavy (non-hydrogen) atoms. The second-order valence-electron chi connectivity index (χ2n) is 8.46. The number of methoxy groups -OCH3 is 2. The minimum absolute atomic E-state index is 0.111. The van der Waals surface area contributed by atoms with Gasteiger partial charge in [0.2, 0.25) is 0 Å². The van der Waals surface area contributed by atoms with Crippen LogP contribution in [-0.4, -0.2) is 31.7 Å². The van der Waals surface area contributed by atoms with Crippen LogP contribution in [0.2, 0.25) is 0 Å². The fourth-order valence-corrected chi connectivity index (χ4v) is 5.96. The van der Waals surface area contributed by atoms with Crippen LogP contribution in [0.4, 0.5) is 4.39 Å². The van der Waals surface area contributed by atoms with Crippen LogP contribution in [0.5, 0.6) is 11.5 Å². The molecule has 0 aliphatic rings. The number of benzene rings is 4. The van der Waals surface area contributed by atoms with Crippen LogP contribution in [0.15, 0.2) is 102 Å². The van der Waals surface area contributed by atoms with Crippen molar-refractivity contribution in [2.75, 3.05) is 14.2 Å². The average Bonchev–Trinajstić information content (AvgIpc) is 3.32. The maximum atomic E-state index is 14.1. The standard InChI is InChI=1S/C29H24FNO5S/c1-35-27-14-11-21(18-28(27)36-2)29(32)20-8-6-7-19(15-20)26-17-22-16-23(30)12-13-25(22)31(26)37(33,34)24-9-4-3-5-10-24/h3-18,29,32H,1-2H3. The molecule has 1 aromatic heterocycles. The van der Waals surface area contributed by atoms with E-state index >= 15 is 0 Å². The van der Waals surface area contributed by atoms with E-state index in [4.69, 9.17) is 9.47 Å². The first-order valence-electron chi connectivity index (χ1n) is 11.5. The molecule has 0 saturated carbocycles. The summed E-state index contributed by atoms with van der Waals surface area (Å²) in [4.78, 5) is 0.111. The molecule has 0 bridgehead atoms. The molecule has 6 nitrogen and oxygen atoms in total. The lowest BCUT2D eigenvalue weighted by Gasteiger charge is -2.16. The van der Waals surface area contributed by atoms with E-state index in [0.717, 1.165) is 0 Å². The fourth-order valence-electron chi connectivity index (χ4n) is 4.40. The van der Waals surface area contributed by atoms with E-state index in [9.17, 15) is 17.9 Å². The van der Waals surface area contributed by atoms with Gasteiger partial charge in [-0.05, 0) is 71.3 Å². The zero-order valence-electron chi connectivity index (χ0n) is 20.1. The van der Waals surface area contributed by atoms with Crippen LogP contribution in [0.25, 0.3) is 22.2 Å². The van der Waals surface area contributed by atoms with Crippen LogP contribution in [0.1, 0.15) is 17.2 Å². The van der Waals surface area contributed by atoms with Gasteiger partial charge in [0.05, 0.1) is 30.3 Å². The highest BCUT2D eigenvalue weighted by molar-refractivity contribution is 7.90. The Bertz CT molecular complexity index is 1700. The Labute approximate surface area is 214 Å². The van der Waals surface area contributed by atoms with E-state index in [1.165, 1.54) is 48.5 Å². The normalized spacial score (nSPS) is 12.4. The van der Waals surface area contributed by atoms with Crippen LogP contribution < -0.4 is 9.47 Å². The van der Waals surface area contributed by atoms with Crippen LogP contribution >= 0.6 is 0 Å². The number of fused-ring (bicyclic) bond motifs is 1. The first kappa shape index (κ1) is 24.5. The topological polar surface area (TPSA) is 77.8 Å². The summed E-state index contributed by atoms with van der Waals surface area (Å²) in [6.07, 6.45) is -1.01. The van der Waals surface area contributed by atoms with Crippen molar-refractivity contribution in [2.45, 2.75) is 11.0 Å². The number of halogens is 1. The second-order valence-corrected chi connectivity index (χ2v) is 10.2. The molecule has 1 unspecified atom stereocenters. The Balaban J connectivity index is 1.66. The highest BCUT2D eigenvalue weighted by Crippen LogP contribution is 2.36. The van der Waals surface area contributed by atoms with E-state index in [1.54, 1.807) is 66.7 Å². The number of aromatic nitrogens is 1. The summed E-state index contributed by atoms with van der Waals surface area (Å²) in [6, 6.07) is 25.8. The minimum Gasteiger partial charge on any atom is -0.493 e. The van der Waals surface area contributed by atoms with Gasteiger partial charge in [0.25, 0.3) is 10.0 Å². The molecular formula is C29H24FNO5S. The van der Waals surface area contributed by atoms with Gasteiger partial charge in [0, 0.05) is 5.39 Å². The van der Waals surface area contributed by atoms with Crippen molar-refractivity contribution < 1.29 is 27.4 Å². The molecule has 0 spiro atoms. The molecule has 4 aromatic carbocycles. The smallest absolute Gasteiger partial charge is 0.268 e. The number of aliphatic hydroxyl groups excluding tert-OH is 1. The van der Waals surface area contributed by atoms with E-state index in [2.05, 4.69) is 0 Å². The first-order valence-corrected chi connectivity index (χ1v) is 12.9. The molecule has 5 rings (SSSR count). The van der Waals surface area contributed by atoms with Crippen molar-refractivity contribution in [2.24, 2.45) is 0 Å². The number of ether oxygens (including phenoxy) is 2. The molecule has 8 heteroatoms. The van der Waals surface area contributed by atoms with Gasteiger partial charge < -0.3 is 14.6 Å². The maximum absolute atomic E-state index is 14.1. The molecule has 1 atom stereocenters. The third-order valence-corrected chi connectivity index (χ3v) is 7.96. The van der Waals surface area contributed by atoms with Crippen LogP contribution in [-0.2, 0) is 10.0 Å². The largest absolute Gasteiger partial charge is 0.493 e. The van der Waals surface area contributed by atoms with Crippen molar-refractivity contribution >= 4 is 20.9 Å². The maximum Gasteiger partial charge on any atom is 0.268 e. The molecule has 0 amide bonds. The lowest BCUT2D eigenvalue weighted by atomic mass is 9.98. The third kappa shape index (κ3) is 4.45. The Morgan fingerprint density at radius 2 is 1.51 bits per heavy atom. The lowest BCUT2D eigenvalue weighted by molar-refractivity contribution is 0.219. The molecule has 1 heterocycles. The second kappa shape index (κ2) is 9.72. The number of rotatable bonds is 7. The van der Waals surface area contributed by atoms with Crippen molar-refractivity contribution in [3.8, 4) is 22.8 Å². The van der Waals surface area contributed by atoms with Gasteiger partial charge in [-0.2, -0.15) is 0 Å². The molecule has 0 radical (unpaired) electrons. The highest BCUT2D eigenvalue weighted by Gasteiger charge is 2.24. The zero-order valence-corrected chi connectivity index (χ0v) is 20.9. The van der Waals surface area contributed by atoms with E-state index in [0.29, 0.717) is 44.8 Å². The summed E-state index contributed by atoms with van der Waals surface area (Å²) < 4.78 is 53.4. The van der Waals surface area contributed by atoms with Gasteiger partial charge in [-0.15, -0.1) is 0 Å². The third-order valence-electron chi connectivity index (χ3n) is 6.22. The van der Waals surface area contributed by atoms with E-state index in [1.807, 2.05) is 0 Å². The summed E-state index contributed by atoms with van der Waals surface area (Å²) in [5, 5.41) is 11.6. The number of nitrogens with zero attached hydrogens (tertiary/aromatic N) is 1. The van der Waals surface area contributed by atoms with Crippen molar-refractivity contribution in [1.29, 1.82) is 0 Å². The predicted octanol–water partition coefficient (Wildman–Crippen LogP) is 5.78. The Morgan fingerprint density at radius 3 is 2.24 bits per heavy atom.